The molecule has 1 unspecified atom stereocenters. The van der Waals surface area contributed by atoms with Gasteiger partial charge in [0.2, 0.25) is 6.79 Å². The number of rotatable bonds is 5. The molecule has 0 fully saturated rings. The second kappa shape index (κ2) is 8.47. The van der Waals surface area contributed by atoms with Crippen molar-refractivity contribution in [2.24, 2.45) is 0 Å². The fraction of sp³-hybridized carbons (Fsp3) is 0.130. The zero-order valence-electron chi connectivity index (χ0n) is 16.1. The van der Waals surface area contributed by atoms with Crippen molar-refractivity contribution in [2.45, 2.75) is 13.0 Å². The van der Waals surface area contributed by atoms with E-state index in [4.69, 9.17) is 25.8 Å². The van der Waals surface area contributed by atoms with Crippen LogP contribution in [-0.2, 0) is 9.53 Å². The molecule has 0 saturated heterocycles. The second-order valence-corrected chi connectivity index (χ2v) is 7.05. The number of carbonyl (C=O) groups is 2. The van der Waals surface area contributed by atoms with E-state index in [1.54, 1.807) is 6.07 Å². The third-order valence-electron chi connectivity index (χ3n) is 4.59. The molecule has 4 rings (SSSR count). The van der Waals surface area contributed by atoms with E-state index in [0.29, 0.717) is 17.2 Å². The highest BCUT2D eigenvalue weighted by Crippen LogP contribution is 2.40. The summed E-state index contributed by atoms with van der Waals surface area (Å²) >= 11 is 6.11. The van der Waals surface area contributed by atoms with Gasteiger partial charge in [0, 0.05) is 11.3 Å². The summed E-state index contributed by atoms with van der Waals surface area (Å²) in [5.41, 5.74) is 2.64. The minimum atomic E-state index is -1.02. The molecule has 1 amide bonds. The molecule has 0 aliphatic carbocycles. The van der Waals surface area contributed by atoms with Gasteiger partial charge in [0.25, 0.3) is 5.91 Å². The number of fused-ring (bicyclic) bond motifs is 1. The van der Waals surface area contributed by atoms with E-state index in [9.17, 15) is 9.59 Å². The predicted molar refractivity (Wildman–Crippen MR) is 113 cm³/mol. The number of carbonyl (C=O) groups excluding carboxylic acids is 2. The van der Waals surface area contributed by atoms with Crippen LogP contribution in [0, 0.1) is 0 Å². The van der Waals surface area contributed by atoms with Crippen molar-refractivity contribution < 1.29 is 23.8 Å². The minimum absolute atomic E-state index is 0.0349. The number of hydrogen-bond donors (Lipinski definition) is 1. The maximum atomic E-state index is 12.7. The van der Waals surface area contributed by atoms with Crippen LogP contribution in [0.3, 0.4) is 0 Å². The van der Waals surface area contributed by atoms with Crippen molar-refractivity contribution in [3.63, 3.8) is 0 Å². The molecule has 0 aromatic heterocycles. The van der Waals surface area contributed by atoms with E-state index in [2.05, 4.69) is 5.32 Å². The van der Waals surface area contributed by atoms with Gasteiger partial charge in [-0.2, -0.15) is 0 Å². The van der Waals surface area contributed by atoms with Gasteiger partial charge in [0.1, 0.15) is 0 Å². The van der Waals surface area contributed by atoms with Gasteiger partial charge in [-0.05, 0) is 30.7 Å². The number of nitrogens with one attached hydrogen (secondary N) is 1. The Hall–Kier alpha value is -3.51. The molecule has 0 saturated carbocycles. The average Bonchev–Trinajstić information content (AvgIpc) is 3.24. The van der Waals surface area contributed by atoms with Crippen LogP contribution in [0.4, 0.5) is 5.69 Å². The Morgan fingerprint density at radius 2 is 1.77 bits per heavy atom. The Bertz CT molecular complexity index is 1100. The molecule has 0 spiro atoms. The van der Waals surface area contributed by atoms with Crippen LogP contribution in [0.5, 0.6) is 11.5 Å². The van der Waals surface area contributed by atoms with Gasteiger partial charge in [-0.25, -0.2) is 4.79 Å². The lowest BCUT2D eigenvalue weighted by molar-refractivity contribution is -0.123. The van der Waals surface area contributed by atoms with Gasteiger partial charge in [0.05, 0.1) is 10.6 Å². The summed E-state index contributed by atoms with van der Waals surface area (Å²) in [5.74, 6) is -0.382. The Morgan fingerprint density at radius 3 is 2.57 bits per heavy atom. The average molecular weight is 424 g/mol. The number of benzene rings is 3. The number of hydrogen-bond acceptors (Lipinski definition) is 5. The number of anilines is 1. The van der Waals surface area contributed by atoms with Gasteiger partial charge < -0.3 is 19.5 Å². The van der Waals surface area contributed by atoms with Crippen molar-refractivity contribution in [3.8, 4) is 22.6 Å². The molecule has 3 aromatic rings. The third kappa shape index (κ3) is 4.09. The molecule has 1 aliphatic heterocycles. The molecule has 30 heavy (non-hydrogen) atoms. The molecule has 1 atom stereocenters. The summed E-state index contributed by atoms with van der Waals surface area (Å²) in [6.45, 7) is 1.54. The number of amides is 1. The Kier molecular flexibility index (Phi) is 5.59. The highest BCUT2D eigenvalue weighted by Gasteiger charge is 2.24. The van der Waals surface area contributed by atoms with Crippen LogP contribution in [0.25, 0.3) is 11.1 Å². The first-order valence-electron chi connectivity index (χ1n) is 9.28. The molecule has 1 aliphatic rings. The van der Waals surface area contributed by atoms with Crippen LogP contribution < -0.4 is 14.8 Å². The van der Waals surface area contributed by atoms with Crippen molar-refractivity contribution in [3.05, 3.63) is 77.3 Å². The topological polar surface area (TPSA) is 73.9 Å². The first kappa shape index (κ1) is 19.8. The second-order valence-electron chi connectivity index (χ2n) is 6.64. The monoisotopic (exact) mass is 423 g/mol. The fourth-order valence-electron chi connectivity index (χ4n) is 3.06. The predicted octanol–water partition coefficient (Wildman–Crippen LogP) is 4.92. The van der Waals surface area contributed by atoms with Gasteiger partial charge in [-0.15, -0.1) is 0 Å². The molecule has 7 heteroatoms. The molecular formula is C23H18ClNO5. The quantitative estimate of drug-likeness (QED) is 0.589. The Balaban J connectivity index is 1.47. The van der Waals surface area contributed by atoms with E-state index in [0.717, 1.165) is 11.1 Å². The van der Waals surface area contributed by atoms with E-state index < -0.39 is 18.0 Å². The lowest BCUT2D eigenvalue weighted by atomic mass is 10.0. The Morgan fingerprint density at radius 1 is 1.03 bits per heavy atom. The normalized spacial score (nSPS) is 12.9. The van der Waals surface area contributed by atoms with Crippen LogP contribution in [0.2, 0.25) is 5.02 Å². The van der Waals surface area contributed by atoms with Crippen LogP contribution in [0.15, 0.2) is 66.7 Å². The minimum Gasteiger partial charge on any atom is -0.454 e. The zero-order valence-corrected chi connectivity index (χ0v) is 16.8. The smallest absolute Gasteiger partial charge is 0.339 e. The molecule has 3 aromatic carbocycles. The fourth-order valence-corrected chi connectivity index (χ4v) is 3.33. The van der Waals surface area contributed by atoms with E-state index in [1.807, 2.05) is 48.5 Å². The molecule has 0 radical (unpaired) electrons. The van der Waals surface area contributed by atoms with Crippen molar-refractivity contribution in [2.75, 3.05) is 12.1 Å². The van der Waals surface area contributed by atoms with Gasteiger partial charge >= 0.3 is 5.97 Å². The molecule has 1 N–H and O–H groups in total. The van der Waals surface area contributed by atoms with Gasteiger partial charge in [0.15, 0.2) is 17.6 Å². The van der Waals surface area contributed by atoms with Crippen LogP contribution >= 0.6 is 11.6 Å². The molecule has 0 bridgehead atoms. The van der Waals surface area contributed by atoms with Gasteiger partial charge in [-0.1, -0.05) is 60.1 Å². The summed E-state index contributed by atoms with van der Waals surface area (Å²) in [6, 6.07) is 20.0. The maximum Gasteiger partial charge on any atom is 0.339 e. The SMILES string of the molecule is CC(OC(=O)c1cc(Cl)c2c(c1)OCO2)C(=O)Nc1ccccc1-c1ccccc1. The molecular weight excluding hydrogens is 406 g/mol. The van der Waals surface area contributed by atoms with Crippen LogP contribution in [-0.4, -0.2) is 24.8 Å². The molecule has 152 valence electrons. The maximum absolute atomic E-state index is 12.7. The van der Waals surface area contributed by atoms with E-state index in [-0.39, 0.29) is 17.4 Å². The number of esters is 1. The highest BCUT2D eigenvalue weighted by molar-refractivity contribution is 6.32. The van der Waals surface area contributed by atoms with Crippen molar-refractivity contribution >= 4 is 29.2 Å². The first-order valence-corrected chi connectivity index (χ1v) is 9.66. The van der Waals surface area contributed by atoms with Gasteiger partial charge in [-0.3, -0.25) is 4.79 Å². The number of para-hydroxylation sites is 1. The lowest BCUT2D eigenvalue weighted by Crippen LogP contribution is -2.30. The first-order chi connectivity index (χ1) is 14.5. The molecule has 6 nitrogen and oxygen atoms in total. The zero-order chi connectivity index (χ0) is 21.1. The summed E-state index contributed by atoms with van der Waals surface area (Å²) in [5, 5.41) is 3.07. The highest BCUT2D eigenvalue weighted by atomic mass is 35.5. The van der Waals surface area contributed by atoms with Crippen molar-refractivity contribution in [1.82, 2.24) is 0 Å². The largest absolute Gasteiger partial charge is 0.454 e. The Labute approximate surface area is 178 Å². The lowest BCUT2D eigenvalue weighted by Gasteiger charge is -2.16. The molecule has 1 heterocycles. The summed E-state index contributed by atoms with van der Waals surface area (Å²) in [4.78, 5) is 25.2. The summed E-state index contributed by atoms with van der Waals surface area (Å²) < 4.78 is 15.8. The number of halogens is 1. The van der Waals surface area contributed by atoms with Crippen LogP contribution in [0.1, 0.15) is 17.3 Å². The summed E-state index contributed by atoms with van der Waals surface area (Å²) in [6.07, 6.45) is -1.02. The van der Waals surface area contributed by atoms with Crippen molar-refractivity contribution in [1.29, 1.82) is 0 Å². The van der Waals surface area contributed by atoms with E-state index >= 15 is 0 Å². The van der Waals surface area contributed by atoms with E-state index in [1.165, 1.54) is 19.1 Å². The summed E-state index contributed by atoms with van der Waals surface area (Å²) in [7, 11) is 0. The number of ether oxygens (including phenoxy) is 3. The standard InChI is InChI=1S/C23H18ClNO5/c1-14(30-23(27)16-11-18(24)21-20(12-16)28-13-29-21)22(26)25-19-10-6-5-9-17(19)15-7-3-2-4-8-15/h2-12,14H,13H2,1H3,(H,25,26). The third-order valence-corrected chi connectivity index (χ3v) is 4.87.